The first-order valence-electron chi connectivity index (χ1n) is 10.2. The molecule has 1 saturated carbocycles. The van der Waals surface area contributed by atoms with Gasteiger partial charge in [0.15, 0.2) is 11.5 Å². The average molecular weight is 393 g/mol. The number of methoxy groups -OCH3 is 2. The van der Waals surface area contributed by atoms with Gasteiger partial charge in [-0.15, -0.1) is 0 Å². The van der Waals surface area contributed by atoms with Crippen LogP contribution >= 0.6 is 0 Å². The molecule has 5 heteroatoms. The quantitative estimate of drug-likeness (QED) is 0.641. The van der Waals surface area contributed by atoms with E-state index in [1.54, 1.807) is 20.4 Å². The molecule has 1 fully saturated rings. The van der Waals surface area contributed by atoms with Gasteiger partial charge in [-0.3, -0.25) is 4.99 Å². The number of carbonyl (C=O) groups is 1. The Morgan fingerprint density at radius 1 is 1.03 bits per heavy atom. The third kappa shape index (κ3) is 4.14. The summed E-state index contributed by atoms with van der Waals surface area (Å²) in [6.45, 7) is 0. The van der Waals surface area contributed by atoms with Crippen molar-refractivity contribution in [1.29, 1.82) is 0 Å². The molecule has 5 nitrogen and oxygen atoms in total. The number of nitrogens with zero attached hydrogens (tertiary/aromatic N) is 1. The normalized spacial score (nSPS) is 20.9. The fourth-order valence-corrected chi connectivity index (χ4v) is 4.26. The van der Waals surface area contributed by atoms with Gasteiger partial charge in [0.25, 0.3) is 0 Å². The van der Waals surface area contributed by atoms with Crippen LogP contribution in [0.2, 0.25) is 0 Å². The summed E-state index contributed by atoms with van der Waals surface area (Å²) in [6, 6.07) is 11.9. The van der Waals surface area contributed by atoms with Crippen LogP contribution in [0.15, 0.2) is 41.4 Å². The second-order valence-electron chi connectivity index (χ2n) is 7.69. The fourth-order valence-electron chi connectivity index (χ4n) is 4.26. The molecule has 2 atom stereocenters. The number of hydrogen-bond acceptors (Lipinski definition) is 5. The van der Waals surface area contributed by atoms with Crippen molar-refractivity contribution in [3.8, 4) is 17.2 Å². The third-order valence-corrected chi connectivity index (χ3v) is 5.82. The number of ether oxygens (including phenoxy) is 3. The van der Waals surface area contributed by atoms with Crippen LogP contribution in [-0.4, -0.2) is 32.8 Å². The van der Waals surface area contributed by atoms with Crippen molar-refractivity contribution in [3.63, 3.8) is 0 Å². The molecule has 2 unspecified atom stereocenters. The molecule has 1 aliphatic heterocycles. The van der Waals surface area contributed by atoms with Crippen LogP contribution in [0.5, 0.6) is 17.2 Å². The monoisotopic (exact) mass is 393 g/mol. The summed E-state index contributed by atoms with van der Waals surface area (Å²) in [5.74, 6) is 1.89. The predicted octanol–water partition coefficient (Wildman–Crippen LogP) is 4.68. The van der Waals surface area contributed by atoms with Crippen LogP contribution in [0.3, 0.4) is 0 Å². The first-order valence-corrected chi connectivity index (χ1v) is 10.2. The Balaban J connectivity index is 1.67. The Hall–Kier alpha value is -2.82. The van der Waals surface area contributed by atoms with Gasteiger partial charge in [0, 0.05) is 6.21 Å². The Kier molecular flexibility index (Phi) is 5.84. The minimum Gasteiger partial charge on any atom is -0.497 e. The van der Waals surface area contributed by atoms with Crippen LogP contribution < -0.4 is 14.2 Å². The lowest BCUT2D eigenvalue weighted by atomic mass is 9.86. The lowest BCUT2D eigenvalue weighted by Crippen LogP contribution is -2.18. The standard InChI is InChI=1S/C24H27NO4/c1-27-19-9-5-6-16(10-19)11-22-21-13-23(28-2)24(29-18-7-3-4-8-18)12-20(21)17(15-26)14-25-22/h5-6,9-10,12-15,17-18,22H,3-4,7-8,11H2,1-2H3. The van der Waals surface area contributed by atoms with Crippen molar-refractivity contribution in [2.24, 2.45) is 4.99 Å². The van der Waals surface area contributed by atoms with Crippen molar-refractivity contribution in [2.75, 3.05) is 14.2 Å². The number of benzene rings is 2. The summed E-state index contributed by atoms with van der Waals surface area (Å²) in [5.41, 5.74) is 3.10. The van der Waals surface area contributed by atoms with Gasteiger partial charge in [-0.2, -0.15) is 0 Å². The van der Waals surface area contributed by atoms with E-state index in [0.717, 1.165) is 53.7 Å². The van der Waals surface area contributed by atoms with Gasteiger partial charge >= 0.3 is 0 Å². The van der Waals surface area contributed by atoms with Gasteiger partial charge in [0.05, 0.1) is 32.3 Å². The Morgan fingerprint density at radius 3 is 2.55 bits per heavy atom. The summed E-state index contributed by atoms with van der Waals surface area (Å²) in [5, 5.41) is 0. The molecule has 2 aromatic carbocycles. The molecular weight excluding hydrogens is 366 g/mol. The first kappa shape index (κ1) is 19.5. The highest BCUT2D eigenvalue weighted by molar-refractivity contribution is 5.90. The molecule has 0 N–H and O–H groups in total. The number of aliphatic imine (C=N–C) groups is 1. The average Bonchev–Trinajstić information content (AvgIpc) is 3.27. The highest BCUT2D eigenvalue weighted by Crippen LogP contribution is 2.41. The van der Waals surface area contributed by atoms with Gasteiger partial charge in [0.2, 0.25) is 0 Å². The zero-order valence-corrected chi connectivity index (χ0v) is 17.0. The number of aldehydes is 1. The maximum atomic E-state index is 11.7. The maximum absolute atomic E-state index is 11.7. The number of carbonyl (C=O) groups excluding carboxylic acids is 1. The summed E-state index contributed by atoms with van der Waals surface area (Å²) < 4.78 is 17.2. The van der Waals surface area contributed by atoms with Crippen molar-refractivity contribution in [3.05, 3.63) is 53.1 Å². The van der Waals surface area contributed by atoms with E-state index < -0.39 is 0 Å². The van der Waals surface area contributed by atoms with Crippen LogP contribution in [0.1, 0.15) is 54.3 Å². The van der Waals surface area contributed by atoms with Crippen LogP contribution in [-0.2, 0) is 11.2 Å². The molecule has 0 bridgehead atoms. The van der Waals surface area contributed by atoms with Gasteiger partial charge < -0.3 is 19.0 Å². The second kappa shape index (κ2) is 8.68. The van der Waals surface area contributed by atoms with Crippen molar-refractivity contribution >= 4 is 12.5 Å². The Bertz CT molecular complexity index is 902. The minimum absolute atomic E-state index is 0.0808. The molecule has 0 saturated heterocycles. The highest BCUT2D eigenvalue weighted by Gasteiger charge is 2.28. The van der Waals surface area contributed by atoms with Crippen LogP contribution in [0.4, 0.5) is 0 Å². The minimum atomic E-state index is -0.358. The van der Waals surface area contributed by atoms with Gasteiger partial charge in [-0.1, -0.05) is 12.1 Å². The molecule has 0 spiro atoms. The molecule has 2 aliphatic rings. The molecule has 2 aromatic rings. The van der Waals surface area contributed by atoms with Gasteiger partial charge in [-0.25, -0.2) is 0 Å². The van der Waals surface area contributed by atoms with Crippen molar-refractivity contribution in [1.82, 2.24) is 0 Å². The van der Waals surface area contributed by atoms with Crippen LogP contribution in [0.25, 0.3) is 0 Å². The second-order valence-corrected chi connectivity index (χ2v) is 7.69. The summed E-state index contributed by atoms with van der Waals surface area (Å²) >= 11 is 0. The van der Waals surface area contributed by atoms with E-state index in [4.69, 9.17) is 14.2 Å². The predicted molar refractivity (Wildman–Crippen MR) is 113 cm³/mol. The zero-order valence-electron chi connectivity index (χ0n) is 17.0. The van der Waals surface area contributed by atoms with E-state index in [-0.39, 0.29) is 18.1 Å². The number of fused-ring (bicyclic) bond motifs is 1. The zero-order chi connectivity index (χ0) is 20.2. The summed E-state index contributed by atoms with van der Waals surface area (Å²) in [7, 11) is 3.32. The molecule has 0 amide bonds. The molecule has 29 heavy (non-hydrogen) atoms. The largest absolute Gasteiger partial charge is 0.497 e. The molecule has 1 aliphatic carbocycles. The van der Waals surface area contributed by atoms with E-state index in [1.807, 2.05) is 30.3 Å². The topological polar surface area (TPSA) is 57.1 Å². The molecule has 4 rings (SSSR count). The lowest BCUT2D eigenvalue weighted by molar-refractivity contribution is -0.107. The molecule has 1 heterocycles. The summed E-state index contributed by atoms with van der Waals surface area (Å²) in [6.07, 6.45) is 8.17. The first-order chi connectivity index (χ1) is 14.2. The number of hydrogen-bond donors (Lipinski definition) is 0. The van der Waals surface area contributed by atoms with Gasteiger partial charge in [-0.05, 0) is 73.1 Å². The van der Waals surface area contributed by atoms with E-state index in [2.05, 4.69) is 11.1 Å². The van der Waals surface area contributed by atoms with E-state index in [9.17, 15) is 4.79 Å². The third-order valence-electron chi connectivity index (χ3n) is 5.82. The van der Waals surface area contributed by atoms with Crippen molar-refractivity contribution in [2.45, 2.75) is 50.2 Å². The van der Waals surface area contributed by atoms with Crippen molar-refractivity contribution < 1.29 is 19.0 Å². The van der Waals surface area contributed by atoms with E-state index in [0.29, 0.717) is 5.75 Å². The van der Waals surface area contributed by atoms with Gasteiger partial charge in [0.1, 0.15) is 12.0 Å². The van der Waals surface area contributed by atoms with Crippen LogP contribution in [0, 0.1) is 0 Å². The Labute approximate surface area is 171 Å². The summed E-state index contributed by atoms with van der Waals surface area (Å²) in [4.78, 5) is 16.4. The molecule has 152 valence electrons. The molecule has 0 radical (unpaired) electrons. The number of rotatable bonds is 7. The molecule has 0 aromatic heterocycles. The lowest BCUT2D eigenvalue weighted by Gasteiger charge is -2.26. The fraction of sp³-hybridized carbons (Fsp3) is 0.417. The van der Waals surface area contributed by atoms with E-state index >= 15 is 0 Å². The maximum Gasteiger partial charge on any atom is 0.161 e. The van der Waals surface area contributed by atoms with E-state index in [1.165, 1.54) is 12.8 Å². The molecular formula is C24H27NO4. The SMILES string of the molecule is COc1cccc(CC2N=CC(C=O)c3cc(OC4CCCC4)c(OC)cc32)c1. The highest BCUT2D eigenvalue weighted by atomic mass is 16.5. The Morgan fingerprint density at radius 2 is 1.83 bits per heavy atom. The smallest absolute Gasteiger partial charge is 0.161 e.